The molecule has 0 saturated carbocycles. The average molecular weight is 344 g/mol. The van der Waals surface area contributed by atoms with Crippen LogP contribution in [0.15, 0.2) is 0 Å². The van der Waals surface area contributed by atoms with Gasteiger partial charge in [0.25, 0.3) is 0 Å². The Morgan fingerprint density at radius 1 is 0.478 bits per heavy atom. The molecule has 0 nitrogen and oxygen atoms in total. The summed E-state index contributed by atoms with van der Waals surface area (Å²) in [5, 5.41) is 0. The minimum Gasteiger partial charge on any atom is -0.127 e. The molecule has 0 amide bonds. The fourth-order valence-electron chi connectivity index (χ4n) is 3.24. The predicted octanol–water partition coefficient (Wildman–Crippen LogP) is 8.86. The Morgan fingerprint density at radius 3 is 1.17 bits per heavy atom. The van der Waals surface area contributed by atoms with Gasteiger partial charge in [0.1, 0.15) is 0 Å². The number of unbranched alkanes of at least 4 members (excludes halogenated alkanes) is 19. The van der Waals surface area contributed by atoms with Crippen molar-refractivity contribution in [2.24, 2.45) is 0 Å². The molecule has 0 unspecified atom stereocenters. The van der Waals surface area contributed by atoms with Crippen LogP contribution in [0.3, 0.4) is 0 Å². The molecule has 0 bridgehead atoms. The zero-order chi connectivity index (χ0) is 16.8. The predicted molar refractivity (Wildman–Crippen MR) is 108 cm³/mol. The summed E-state index contributed by atoms with van der Waals surface area (Å²) in [5.74, 6) is 0.791. The Balaban J connectivity index is 2.92. The van der Waals surface area contributed by atoms with E-state index < -0.39 is 0 Å². The molecule has 0 aromatic heterocycles. The molecule has 0 saturated heterocycles. The first-order valence-corrected chi connectivity index (χ1v) is 11.3. The number of halogens is 1. The molecular formula is C22H44Cl. The lowest BCUT2D eigenvalue weighted by Gasteiger charge is -2.03. The van der Waals surface area contributed by atoms with Gasteiger partial charge in [-0.1, -0.05) is 122 Å². The zero-order valence-corrected chi connectivity index (χ0v) is 16.9. The second kappa shape index (κ2) is 22.3. The smallest absolute Gasteiger partial charge is 0.0226 e. The fourth-order valence-corrected chi connectivity index (χ4v) is 3.39. The zero-order valence-electron chi connectivity index (χ0n) is 16.1. The van der Waals surface area contributed by atoms with E-state index in [0.717, 1.165) is 12.3 Å². The van der Waals surface area contributed by atoms with Crippen LogP contribution in [0.25, 0.3) is 0 Å². The van der Waals surface area contributed by atoms with Gasteiger partial charge in [0.05, 0.1) is 0 Å². The van der Waals surface area contributed by atoms with Crippen molar-refractivity contribution in [1.82, 2.24) is 0 Å². The second-order valence-electron chi connectivity index (χ2n) is 7.21. The van der Waals surface area contributed by atoms with Crippen molar-refractivity contribution >= 4 is 11.6 Å². The van der Waals surface area contributed by atoms with Gasteiger partial charge in [0, 0.05) is 5.88 Å². The van der Waals surface area contributed by atoms with Crippen molar-refractivity contribution in [1.29, 1.82) is 0 Å². The second-order valence-corrected chi connectivity index (χ2v) is 7.59. The van der Waals surface area contributed by atoms with Gasteiger partial charge >= 0.3 is 0 Å². The van der Waals surface area contributed by atoms with Crippen molar-refractivity contribution in [3.63, 3.8) is 0 Å². The van der Waals surface area contributed by atoms with Crippen LogP contribution in [-0.4, -0.2) is 5.88 Å². The minimum atomic E-state index is 0.791. The molecule has 0 heterocycles. The summed E-state index contributed by atoms with van der Waals surface area (Å²) in [5.41, 5.74) is 0. The molecule has 0 spiro atoms. The third-order valence-corrected chi connectivity index (χ3v) is 5.04. The maximum Gasteiger partial charge on any atom is 0.0226 e. The lowest BCUT2D eigenvalue weighted by molar-refractivity contribution is 0.526. The number of rotatable bonds is 20. The number of hydrogen-bond donors (Lipinski definition) is 0. The van der Waals surface area contributed by atoms with Crippen LogP contribution >= 0.6 is 11.6 Å². The Kier molecular flexibility index (Phi) is 22.6. The van der Waals surface area contributed by atoms with Crippen LogP contribution in [0.2, 0.25) is 0 Å². The third-order valence-electron chi connectivity index (χ3n) is 4.83. The average Bonchev–Trinajstić information content (AvgIpc) is 2.57. The van der Waals surface area contributed by atoms with Crippen molar-refractivity contribution in [3.8, 4) is 0 Å². The van der Waals surface area contributed by atoms with Gasteiger partial charge in [-0.05, 0) is 12.8 Å². The van der Waals surface area contributed by atoms with E-state index in [2.05, 4.69) is 13.3 Å². The highest BCUT2D eigenvalue weighted by molar-refractivity contribution is 6.17. The standard InChI is InChI=1S/C22H44Cl/c1-2-3-4-5-6-7-8-9-10-11-12-13-14-15-16-17-18-19-20-21-22-23/h20H,2-19,21-22H2,1H3. The molecule has 23 heavy (non-hydrogen) atoms. The van der Waals surface area contributed by atoms with Gasteiger partial charge in [-0.2, -0.15) is 0 Å². The first-order chi connectivity index (χ1) is 11.4. The largest absolute Gasteiger partial charge is 0.127 e. The van der Waals surface area contributed by atoms with Crippen LogP contribution in [0.1, 0.15) is 129 Å². The molecule has 1 radical (unpaired) electrons. The summed E-state index contributed by atoms with van der Waals surface area (Å²) in [6.45, 7) is 2.30. The Morgan fingerprint density at radius 2 is 0.826 bits per heavy atom. The molecule has 0 aliphatic heterocycles. The van der Waals surface area contributed by atoms with Crippen LogP contribution in [0.4, 0.5) is 0 Å². The van der Waals surface area contributed by atoms with E-state index in [0.29, 0.717) is 0 Å². The van der Waals surface area contributed by atoms with Crippen LogP contribution < -0.4 is 0 Å². The molecule has 0 N–H and O–H groups in total. The SMILES string of the molecule is CCCCCCCCCCCCCCCCCCC[CH]CCCl. The first kappa shape index (κ1) is 23.3. The molecule has 0 aromatic rings. The van der Waals surface area contributed by atoms with Gasteiger partial charge < -0.3 is 0 Å². The Hall–Kier alpha value is 0.290. The lowest BCUT2D eigenvalue weighted by atomic mass is 10.0. The van der Waals surface area contributed by atoms with E-state index in [1.54, 1.807) is 0 Å². The molecule has 0 rings (SSSR count). The third kappa shape index (κ3) is 22.3. The number of alkyl halides is 1. The molecule has 0 fully saturated rings. The summed E-state index contributed by atoms with van der Waals surface area (Å²) in [4.78, 5) is 0. The maximum atomic E-state index is 5.65. The van der Waals surface area contributed by atoms with E-state index >= 15 is 0 Å². The topological polar surface area (TPSA) is 0 Å². The van der Waals surface area contributed by atoms with Gasteiger partial charge in [0.2, 0.25) is 0 Å². The Labute approximate surface area is 153 Å². The maximum absolute atomic E-state index is 5.65. The molecule has 0 atom stereocenters. The fraction of sp³-hybridized carbons (Fsp3) is 0.955. The Bertz CT molecular complexity index is 170. The normalized spacial score (nSPS) is 11.2. The summed E-state index contributed by atoms with van der Waals surface area (Å²) in [6, 6.07) is 0. The van der Waals surface area contributed by atoms with Crippen molar-refractivity contribution in [3.05, 3.63) is 6.42 Å². The highest BCUT2D eigenvalue weighted by Gasteiger charge is 1.95. The van der Waals surface area contributed by atoms with Gasteiger partial charge in [0.15, 0.2) is 0 Å². The number of hydrogen-bond acceptors (Lipinski definition) is 0. The van der Waals surface area contributed by atoms with Gasteiger partial charge in [-0.25, -0.2) is 0 Å². The summed E-state index contributed by atoms with van der Waals surface area (Å²) in [7, 11) is 0. The van der Waals surface area contributed by atoms with Crippen molar-refractivity contribution < 1.29 is 0 Å². The molecular weight excluding hydrogens is 300 g/mol. The highest BCUT2D eigenvalue weighted by Crippen LogP contribution is 2.14. The van der Waals surface area contributed by atoms with Crippen LogP contribution in [0, 0.1) is 6.42 Å². The van der Waals surface area contributed by atoms with E-state index in [-0.39, 0.29) is 0 Å². The quantitative estimate of drug-likeness (QED) is 0.153. The van der Waals surface area contributed by atoms with E-state index in [4.69, 9.17) is 11.6 Å². The van der Waals surface area contributed by atoms with Crippen molar-refractivity contribution in [2.45, 2.75) is 129 Å². The summed E-state index contributed by atoms with van der Waals surface area (Å²) >= 11 is 5.65. The molecule has 0 aliphatic carbocycles. The lowest BCUT2D eigenvalue weighted by Crippen LogP contribution is -1.84. The highest BCUT2D eigenvalue weighted by atomic mass is 35.5. The summed E-state index contributed by atoms with van der Waals surface area (Å²) < 4.78 is 0. The minimum absolute atomic E-state index is 0.791. The molecule has 0 aromatic carbocycles. The van der Waals surface area contributed by atoms with E-state index in [1.807, 2.05) is 0 Å². The van der Waals surface area contributed by atoms with Crippen molar-refractivity contribution in [2.75, 3.05) is 5.88 Å². The van der Waals surface area contributed by atoms with Crippen LogP contribution in [-0.2, 0) is 0 Å². The van der Waals surface area contributed by atoms with Crippen LogP contribution in [0.5, 0.6) is 0 Å². The molecule has 1 heteroatoms. The molecule has 0 aliphatic rings. The van der Waals surface area contributed by atoms with E-state index in [1.165, 1.54) is 116 Å². The van der Waals surface area contributed by atoms with Gasteiger partial charge in [-0.3, -0.25) is 0 Å². The summed E-state index contributed by atoms with van der Waals surface area (Å²) in [6.07, 6.45) is 29.4. The van der Waals surface area contributed by atoms with Gasteiger partial charge in [-0.15, -0.1) is 11.6 Å². The monoisotopic (exact) mass is 343 g/mol. The molecule has 139 valence electrons. The first-order valence-electron chi connectivity index (χ1n) is 10.8. The van der Waals surface area contributed by atoms with E-state index in [9.17, 15) is 0 Å².